The van der Waals surface area contributed by atoms with Crippen molar-refractivity contribution in [3.05, 3.63) is 68.8 Å². The van der Waals surface area contributed by atoms with Crippen LogP contribution in [0.15, 0.2) is 41.3 Å². The number of aromatic nitrogens is 1. The third-order valence-electron chi connectivity index (χ3n) is 2.56. The molecule has 2 rings (SSSR count). The number of rotatable bonds is 2. The standard InChI is InChI=1S/C13H11ClFNO/c1-9-3-2-6-16(13(9)17)8-10-7-11(15)4-5-12(10)14/h2-7H,8H2,1H3. The van der Waals surface area contributed by atoms with E-state index in [2.05, 4.69) is 0 Å². The number of hydrogen-bond acceptors (Lipinski definition) is 1. The van der Waals surface area contributed by atoms with Gasteiger partial charge in [0.25, 0.3) is 5.56 Å². The molecule has 0 radical (unpaired) electrons. The third-order valence-corrected chi connectivity index (χ3v) is 2.93. The Bertz CT molecular complexity index is 607. The van der Waals surface area contributed by atoms with Gasteiger partial charge >= 0.3 is 0 Å². The van der Waals surface area contributed by atoms with Crippen molar-refractivity contribution < 1.29 is 4.39 Å². The van der Waals surface area contributed by atoms with Crippen molar-refractivity contribution in [3.63, 3.8) is 0 Å². The van der Waals surface area contributed by atoms with E-state index in [0.717, 1.165) is 0 Å². The van der Waals surface area contributed by atoms with Crippen molar-refractivity contribution >= 4 is 11.6 Å². The van der Waals surface area contributed by atoms with Crippen molar-refractivity contribution in [1.82, 2.24) is 4.57 Å². The second-order valence-electron chi connectivity index (χ2n) is 3.86. The molecule has 0 N–H and O–H groups in total. The summed E-state index contributed by atoms with van der Waals surface area (Å²) < 4.78 is 14.6. The molecule has 0 saturated heterocycles. The van der Waals surface area contributed by atoms with Gasteiger partial charge in [-0.2, -0.15) is 0 Å². The molecule has 2 aromatic rings. The van der Waals surface area contributed by atoms with Crippen molar-refractivity contribution in [3.8, 4) is 0 Å². The minimum Gasteiger partial charge on any atom is -0.311 e. The van der Waals surface area contributed by atoms with Gasteiger partial charge in [-0.05, 0) is 36.8 Å². The predicted molar refractivity (Wildman–Crippen MR) is 66.0 cm³/mol. The Morgan fingerprint density at radius 2 is 2.12 bits per heavy atom. The average molecular weight is 252 g/mol. The normalized spacial score (nSPS) is 10.5. The minimum atomic E-state index is -0.356. The van der Waals surface area contributed by atoms with Gasteiger partial charge in [-0.25, -0.2) is 4.39 Å². The van der Waals surface area contributed by atoms with Crippen LogP contribution in [0.4, 0.5) is 4.39 Å². The van der Waals surface area contributed by atoms with Crippen molar-refractivity contribution in [2.45, 2.75) is 13.5 Å². The molecule has 0 saturated carbocycles. The number of aryl methyl sites for hydroxylation is 1. The van der Waals surface area contributed by atoms with E-state index >= 15 is 0 Å². The molecule has 0 atom stereocenters. The fraction of sp³-hybridized carbons (Fsp3) is 0.154. The van der Waals surface area contributed by atoms with Gasteiger partial charge in [-0.3, -0.25) is 4.79 Å². The summed E-state index contributed by atoms with van der Waals surface area (Å²) in [7, 11) is 0. The number of hydrogen-bond donors (Lipinski definition) is 0. The molecule has 0 unspecified atom stereocenters. The molecule has 1 aromatic carbocycles. The van der Waals surface area contributed by atoms with Gasteiger partial charge in [0.1, 0.15) is 5.82 Å². The molecule has 0 aliphatic rings. The lowest BCUT2D eigenvalue weighted by Crippen LogP contribution is -2.21. The molecule has 0 bridgehead atoms. The van der Waals surface area contributed by atoms with Crippen molar-refractivity contribution in [2.24, 2.45) is 0 Å². The lowest BCUT2D eigenvalue weighted by molar-refractivity contribution is 0.622. The first-order chi connectivity index (χ1) is 8.08. The van der Waals surface area contributed by atoms with Crippen LogP contribution >= 0.6 is 11.6 Å². The maximum absolute atomic E-state index is 13.1. The molecule has 0 fully saturated rings. The molecule has 17 heavy (non-hydrogen) atoms. The highest BCUT2D eigenvalue weighted by Gasteiger charge is 2.05. The molecule has 4 heteroatoms. The van der Waals surface area contributed by atoms with Gasteiger partial charge < -0.3 is 4.57 Å². The maximum Gasteiger partial charge on any atom is 0.253 e. The van der Waals surface area contributed by atoms with Crippen LogP contribution < -0.4 is 5.56 Å². The summed E-state index contributed by atoms with van der Waals surface area (Å²) in [6.07, 6.45) is 1.66. The summed E-state index contributed by atoms with van der Waals surface area (Å²) in [6, 6.07) is 7.66. The van der Waals surface area contributed by atoms with E-state index in [0.29, 0.717) is 16.1 Å². The monoisotopic (exact) mass is 251 g/mol. The molecule has 1 heterocycles. The lowest BCUT2D eigenvalue weighted by Gasteiger charge is -2.08. The van der Waals surface area contributed by atoms with Gasteiger partial charge in [-0.1, -0.05) is 17.7 Å². The van der Waals surface area contributed by atoms with Crippen LogP contribution in [0.5, 0.6) is 0 Å². The zero-order valence-corrected chi connectivity index (χ0v) is 10.0. The molecule has 0 aliphatic heterocycles. The molecular formula is C13H11ClFNO. The number of benzene rings is 1. The smallest absolute Gasteiger partial charge is 0.253 e. The Morgan fingerprint density at radius 3 is 2.88 bits per heavy atom. The molecule has 1 aromatic heterocycles. The van der Waals surface area contributed by atoms with E-state index in [-0.39, 0.29) is 17.9 Å². The van der Waals surface area contributed by atoms with E-state index < -0.39 is 0 Å². The number of nitrogens with zero attached hydrogens (tertiary/aromatic N) is 1. The van der Waals surface area contributed by atoms with E-state index in [1.165, 1.54) is 22.8 Å². The average Bonchev–Trinajstić information content (AvgIpc) is 2.30. The second-order valence-corrected chi connectivity index (χ2v) is 4.27. The molecule has 0 aliphatic carbocycles. The van der Waals surface area contributed by atoms with Gasteiger partial charge in [-0.15, -0.1) is 0 Å². The summed E-state index contributed by atoms with van der Waals surface area (Å²) in [6.45, 7) is 2.02. The van der Waals surface area contributed by atoms with Crippen LogP contribution in [-0.2, 0) is 6.54 Å². The van der Waals surface area contributed by atoms with Gasteiger partial charge in [0.05, 0.1) is 6.54 Å². The summed E-state index contributed by atoms with van der Waals surface area (Å²) in [4.78, 5) is 11.8. The van der Waals surface area contributed by atoms with Crippen LogP contribution in [0.25, 0.3) is 0 Å². The predicted octanol–water partition coefficient (Wildman–Crippen LogP) is 3.00. The zero-order chi connectivity index (χ0) is 12.4. The molecule has 0 amide bonds. The van der Waals surface area contributed by atoms with E-state index in [1.807, 2.05) is 0 Å². The molecule has 0 spiro atoms. The third kappa shape index (κ3) is 2.56. The summed E-state index contributed by atoms with van der Waals surface area (Å²) in [5.41, 5.74) is 1.16. The van der Waals surface area contributed by atoms with Crippen LogP contribution in [0.1, 0.15) is 11.1 Å². The Labute approximate surface area is 103 Å². The SMILES string of the molecule is Cc1cccn(Cc2cc(F)ccc2Cl)c1=O. The Balaban J connectivity index is 2.41. The van der Waals surface area contributed by atoms with E-state index in [1.54, 1.807) is 25.3 Å². The highest BCUT2D eigenvalue weighted by atomic mass is 35.5. The fourth-order valence-corrected chi connectivity index (χ4v) is 1.81. The molecular weight excluding hydrogens is 241 g/mol. The van der Waals surface area contributed by atoms with Gasteiger partial charge in [0, 0.05) is 16.8 Å². The summed E-state index contributed by atoms with van der Waals surface area (Å²) in [5.74, 6) is -0.356. The largest absolute Gasteiger partial charge is 0.311 e. The van der Waals surface area contributed by atoms with Crippen LogP contribution in [0.3, 0.4) is 0 Å². The first-order valence-corrected chi connectivity index (χ1v) is 5.56. The minimum absolute atomic E-state index is 0.0900. The summed E-state index contributed by atoms with van der Waals surface area (Å²) in [5, 5.41) is 0.458. The zero-order valence-electron chi connectivity index (χ0n) is 9.28. The van der Waals surface area contributed by atoms with E-state index in [9.17, 15) is 9.18 Å². The van der Waals surface area contributed by atoms with Crippen LogP contribution in [-0.4, -0.2) is 4.57 Å². The van der Waals surface area contributed by atoms with E-state index in [4.69, 9.17) is 11.6 Å². The summed E-state index contributed by atoms with van der Waals surface area (Å²) >= 11 is 5.96. The topological polar surface area (TPSA) is 22.0 Å². The maximum atomic E-state index is 13.1. The lowest BCUT2D eigenvalue weighted by atomic mass is 10.2. The van der Waals surface area contributed by atoms with Gasteiger partial charge in [0.15, 0.2) is 0 Å². The number of halogens is 2. The molecule has 2 nitrogen and oxygen atoms in total. The first-order valence-electron chi connectivity index (χ1n) is 5.18. The molecule has 88 valence electrons. The second kappa shape index (κ2) is 4.72. The quantitative estimate of drug-likeness (QED) is 0.804. The highest BCUT2D eigenvalue weighted by Crippen LogP contribution is 2.17. The van der Waals surface area contributed by atoms with Crippen molar-refractivity contribution in [2.75, 3.05) is 0 Å². The first kappa shape index (κ1) is 11.9. The van der Waals surface area contributed by atoms with Crippen LogP contribution in [0.2, 0.25) is 5.02 Å². The van der Waals surface area contributed by atoms with Gasteiger partial charge in [0.2, 0.25) is 0 Å². The van der Waals surface area contributed by atoms with Crippen molar-refractivity contribution in [1.29, 1.82) is 0 Å². The fourth-order valence-electron chi connectivity index (χ4n) is 1.63. The Kier molecular flexibility index (Phi) is 3.29. The Morgan fingerprint density at radius 1 is 1.35 bits per heavy atom. The number of pyridine rings is 1. The van der Waals surface area contributed by atoms with Crippen LogP contribution in [0, 0.1) is 12.7 Å². The Hall–Kier alpha value is -1.61. The highest BCUT2D eigenvalue weighted by molar-refractivity contribution is 6.31.